The van der Waals surface area contributed by atoms with Crippen molar-refractivity contribution < 1.29 is 4.92 Å². The molecule has 0 bridgehead atoms. The molecule has 1 fully saturated rings. The number of nitrogens with zero attached hydrogens (tertiary/aromatic N) is 4. The number of nitrogens with two attached hydrogens (primary N) is 1. The van der Waals surface area contributed by atoms with E-state index in [0.29, 0.717) is 24.0 Å². The summed E-state index contributed by atoms with van der Waals surface area (Å²) < 4.78 is 0. The minimum absolute atomic E-state index is 0.0321. The molecule has 0 atom stereocenters. The van der Waals surface area contributed by atoms with Crippen molar-refractivity contribution in [2.75, 3.05) is 23.7 Å². The Hall–Kier alpha value is -1.92. The van der Waals surface area contributed by atoms with Gasteiger partial charge in [0.1, 0.15) is 5.69 Å². The third kappa shape index (κ3) is 2.74. The first-order chi connectivity index (χ1) is 9.02. The lowest BCUT2D eigenvalue weighted by molar-refractivity contribution is -0.385. The molecular formula is C12H19N5O2. The van der Waals surface area contributed by atoms with E-state index in [1.807, 2.05) is 11.8 Å². The summed E-state index contributed by atoms with van der Waals surface area (Å²) in [5.74, 6) is 1.05. The Labute approximate surface area is 112 Å². The number of aryl methyl sites for hydroxylation is 1. The molecule has 1 aliphatic rings. The van der Waals surface area contributed by atoms with Gasteiger partial charge in [-0.25, -0.2) is 4.98 Å². The molecule has 1 saturated carbocycles. The molecule has 1 aromatic rings. The van der Waals surface area contributed by atoms with E-state index >= 15 is 0 Å². The van der Waals surface area contributed by atoms with Gasteiger partial charge in [0.15, 0.2) is 0 Å². The standard InChI is InChI=1S/C12H19N5O2/c1-3-16(7-9-5-4-6-9)11-10(17(18)19)8(2)14-12(13)15-11/h9H,3-7H2,1-2H3,(H2,13,14,15). The summed E-state index contributed by atoms with van der Waals surface area (Å²) in [7, 11) is 0. The van der Waals surface area contributed by atoms with Crippen LogP contribution in [0.4, 0.5) is 17.5 Å². The van der Waals surface area contributed by atoms with Crippen molar-refractivity contribution in [2.45, 2.75) is 33.1 Å². The van der Waals surface area contributed by atoms with Crippen LogP contribution in [0, 0.1) is 23.0 Å². The Balaban J connectivity index is 2.36. The molecule has 2 N–H and O–H groups in total. The van der Waals surface area contributed by atoms with Crippen LogP contribution >= 0.6 is 0 Å². The second-order valence-corrected chi connectivity index (χ2v) is 4.93. The van der Waals surface area contributed by atoms with Gasteiger partial charge in [0.05, 0.1) is 4.92 Å². The van der Waals surface area contributed by atoms with E-state index in [2.05, 4.69) is 9.97 Å². The van der Waals surface area contributed by atoms with Crippen LogP contribution in [0.1, 0.15) is 31.9 Å². The topological polar surface area (TPSA) is 98.2 Å². The van der Waals surface area contributed by atoms with Crippen LogP contribution in [-0.4, -0.2) is 28.0 Å². The molecule has 1 heterocycles. The van der Waals surface area contributed by atoms with Gasteiger partial charge in [-0.15, -0.1) is 0 Å². The average molecular weight is 265 g/mol. The molecule has 0 amide bonds. The lowest BCUT2D eigenvalue weighted by Gasteiger charge is -2.32. The van der Waals surface area contributed by atoms with Gasteiger partial charge in [-0.3, -0.25) is 10.1 Å². The smallest absolute Gasteiger partial charge is 0.332 e. The van der Waals surface area contributed by atoms with Gasteiger partial charge in [0, 0.05) is 13.1 Å². The molecular weight excluding hydrogens is 246 g/mol. The molecule has 19 heavy (non-hydrogen) atoms. The molecule has 0 aromatic carbocycles. The Morgan fingerprint density at radius 1 is 1.47 bits per heavy atom. The second kappa shape index (κ2) is 5.38. The van der Waals surface area contributed by atoms with Gasteiger partial charge in [-0.2, -0.15) is 4.98 Å². The van der Waals surface area contributed by atoms with Crippen LogP contribution in [0.5, 0.6) is 0 Å². The van der Waals surface area contributed by atoms with E-state index in [1.54, 1.807) is 6.92 Å². The summed E-state index contributed by atoms with van der Waals surface area (Å²) in [6.45, 7) is 5.04. The summed E-state index contributed by atoms with van der Waals surface area (Å²) >= 11 is 0. The zero-order valence-corrected chi connectivity index (χ0v) is 11.3. The number of aromatic nitrogens is 2. The fraction of sp³-hybridized carbons (Fsp3) is 0.667. The van der Waals surface area contributed by atoms with Crippen LogP contribution in [0.15, 0.2) is 0 Å². The monoisotopic (exact) mass is 265 g/mol. The van der Waals surface area contributed by atoms with Gasteiger partial charge in [-0.05, 0) is 32.6 Å². The third-order valence-electron chi connectivity index (χ3n) is 3.62. The van der Waals surface area contributed by atoms with Crippen LogP contribution in [0.3, 0.4) is 0 Å². The minimum Gasteiger partial charge on any atom is -0.368 e. The fourth-order valence-electron chi connectivity index (χ4n) is 2.36. The maximum absolute atomic E-state index is 11.2. The Bertz CT molecular complexity index is 487. The largest absolute Gasteiger partial charge is 0.368 e. The summed E-state index contributed by atoms with van der Waals surface area (Å²) in [5.41, 5.74) is 5.91. The quantitative estimate of drug-likeness (QED) is 0.645. The van der Waals surface area contributed by atoms with Crippen LogP contribution in [0.25, 0.3) is 0 Å². The van der Waals surface area contributed by atoms with E-state index < -0.39 is 4.92 Å². The van der Waals surface area contributed by atoms with Gasteiger partial charge < -0.3 is 10.6 Å². The SMILES string of the molecule is CCN(CC1CCC1)c1nc(N)nc(C)c1[N+](=O)[O-]. The first-order valence-electron chi connectivity index (χ1n) is 6.56. The molecule has 0 radical (unpaired) electrons. The molecule has 0 unspecified atom stereocenters. The summed E-state index contributed by atoms with van der Waals surface area (Å²) in [5, 5.41) is 11.2. The van der Waals surface area contributed by atoms with Gasteiger partial charge in [0.2, 0.25) is 11.8 Å². The molecule has 7 nitrogen and oxygen atoms in total. The van der Waals surface area contributed by atoms with E-state index in [4.69, 9.17) is 5.73 Å². The molecule has 2 rings (SSSR count). The lowest BCUT2D eigenvalue weighted by Crippen LogP contribution is -2.33. The van der Waals surface area contributed by atoms with Crippen molar-refractivity contribution in [3.63, 3.8) is 0 Å². The molecule has 1 aromatic heterocycles. The minimum atomic E-state index is -0.423. The lowest BCUT2D eigenvalue weighted by atomic mass is 9.85. The highest BCUT2D eigenvalue weighted by Gasteiger charge is 2.28. The molecule has 104 valence electrons. The molecule has 0 aliphatic heterocycles. The number of rotatable bonds is 5. The first kappa shape index (κ1) is 13.5. The van der Waals surface area contributed by atoms with E-state index in [0.717, 1.165) is 6.54 Å². The number of nitrogen functional groups attached to an aromatic ring is 1. The highest BCUT2D eigenvalue weighted by atomic mass is 16.6. The zero-order chi connectivity index (χ0) is 14.0. The maximum atomic E-state index is 11.2. The van der Waals surface area contributed by atoms with Crippen LogP contribution in [-0.2, 0) is 0 Å². The molecule has 0 saturated heterocycles. The maximum Gasteiger partial charge on any atom is 0.332 e. The average Bonchev–Trinajstić information content (AvgIpc) is 2.26. The van der Waals surface area contributed by atoms with Crippen molar-refractivity contribution in [1.29, 1.82) is 0 Å². The van der Waals surface area contributed by atoms with Crippen LogP contribution < -0.4 is 10.6 Å². The second-order valence-electron chi connectivity index (χ2n) is 4.93. The molecule has 1 aliphatic carbocycles. The normalized spacial score (nSPS) is 15.1. The van der Waals surface area contributed by atoms with E-state index in [9.17, 15) is 10.1 Å². The van der Waals surface area contributed by atoms with Crippen molar-refractivity contribution >= 4 is 17.5 Å². The highest BCUT2D eigenvalue weighted by Crippen LogP contribution is 2.33. The zero-order valence-electron chi connectivity index (χ0n) is 11.3. The van der Waals surface area contributed by atoms with Crippen molar-refractivity contribution in [1.82, 2.24) is 9.97 Å². The Morgan fingerprint density at radius 3 is 2.63 bits per heavy atom. The predicted octanol–water partition coefficient (Wildman–Crippen LogP) is 1.90. The van der Waals surface area contributed by atoms with Gasteiger partial charge in [0.25, 0.3) is 0 Å². The van der Waals surface area contributed by atoms with Crippen molar-refractivity contribution in [3.8, 4) is 0 Å². The number of hydrogen-bond acceptors (Lipinski definition) is 6. The number of anilines is 2. The number of hydrogen-bond donors (Lipinski definition) is 1. The van der Waals surface area contributed by atoms with E-state index in [1.165, 1.54) is 19.3 Å². The Kier molecular flexibility index (Phi) is 3.82. The van der Waals surface area contributed by atoms with Crippen molar-refractivity contribution in [2.24, 2.45) is 5.92 Å². The number of nitro groups is 1. The molecule has 7 heteroatoms. The summed E-state index contributed by atoms with van der Waals surface area (Å²) in [6.07, 6.45) is 3.61. The molecule has 0 spiro atoms. The van der Waals surface area contributed by atoms with E-state index in [-0.39, 0.29) is 11.6 Å². The van der Waals surface area contributed by atoms with Crippen molar-refractivity contribution in [3.05, 3.63) is 15.8 Å². The van der Waals surface area contributed by atoms with Crippen LogP contribution in [0.2, 0.25) is 0 Å². The third-order valence-corrected chi connectivity index (χ3v) is 3.62. The first-order valence-corrected chi connectivity index (χ1v) is 6.56. The van der Waals surface area contributed by atoms with Gasteiger partial charge >= 0.3 is 5.69 Å². The summed E-state index contributed by atoms with van der Waals surface area (Å²) in [6, 6.07) is 0. The highest BCUT2D eigenvalue weighted by molar-refractivity contribution is 5.62. The Morgan fingerprint density at radius 2 is 2.16 bits per heavy atom. The fourth-order valence-corrected chi connectivity index (χ4v) is 2.36. The van der Waals surface area contributed by atoms with Gasteiger partial charge in [-0.1, -0.05) is 6.42 Å². The predicted molar refractivity (Wildman–Crippen MR) is 73.1 cm³/mol. The summed E-state index contributed by atoms with van der Waals surface area (Å²) in [4.78, 5) is 20.7.